The second-order valence-electron chi connectivity index (χ2n) is 7.27. The van der Waals surface area contributed by atoms with E-state index in [-0.39, 0.29) is 17.1 Å². The van der Waals surface area contributed by atoms with E-state index >= 15 is 0 Å². The molecule has 0 atom stereocenters. The Labute approximate surface area is 163 Å². The van der Waals surface area contributed by atoms with Crippen molar-refractivity contribution in [3.05, 3.63) is 54.4 Å². The van der Waals surface area contributed by atoms with Gasteiger partial charge in [-0.05, 0) is 35.2 Å². The number of rotatable bonds is 5. The molecule has 0 aliphatic rings. The van der Waals surface area contributed by atoms with Crippen LogP contribution in [-0.4, -0.2) is 31.4 Å². The van der Waals surface area contributed by atoms with E-state index in [0.29, 0.717) is 5.16 Å². The van der Waals surface area contributed by atoms with Gasteiger partial charge in [0.15, 0.2) is 11.0 Å². The van der Waals surface area contributed by atoms with E-state index < -0.39 is 0 Å². The predicted octanol–water partition coefficient (Wildman–Crippen LogP) is 3.91. The lowest BCUT2D eigenvalue weighted by Crippen LogP contribution is -2.15. The molecule has 2 heterocycles. The van der Waals surface area contributed by atoms with E-state index in [4.69, 9.17) is 0 Å². The van der Waals surface area contributed by atoms with Crippen LogP contribution in [0.5, 0.6) is 0 Å². The van der Waals surface area contributed by atoms with Crippen LogP contribution < -0.4 is 5.32 Å². The number of benzene rings is 1. The molecule has 1 aromatic carbocycles. The minimum atomic E-state index is -0.0723. The van der Waals surface area contributed by atoms with Crippen molar-refractivity contribution in [1.29, 1.82) is 0 Å². The van der Waals surface area contributed by atoms with Crippen molar-refractivity contribution >= 4 is 23.4 Å². The van der Waals surface area contributed by atoms with Gasteiger partial charge in [-0.3, -0.25) is 9.78 Å². The summed E-state index contributed by atoms with van der Waals surface area (Å²) in [7, 11) is 1.89. The molecule has 0 unspecified atom stereocenters. The Balaban J connectivity index is 1.59. The smallest absolute Gasteiger partial charge is 0.234 e. The van der Waals surface area contributed by atoms with Crippen LogP contribution in [0.1, 0.15) is 26.3 Å². The lowest BCUT2D eigenvalue weighted by atomic mass is 9.87. The molecule has 27 heavy (non-hydrogen) atoms. The van der Waals surface area contributed by atoms with E-state index in [1.54, 1.807) is 12.4 Å². The summed E-state index contributed by atoms with van der Waals surface area (Å²) in [5.41, 5.74) is 3.06. The number of pyridine rings is 1. The lowest BCUT2D eigenvalue weighted by Gasteiger charge is -2.19. The molecule has 0 aliphatic carbocycles. The van der Waals surface area contributed by atoms with Crippen LogP contribution >= 0.6 is 11.8 Å². The highest BCUT2D eigenvalue weighted by Crippen LogP contribution is 2.24. The third-order valence-corrected chi connectivity index (χ3v) is 5.16. The van der Waals surface area contributed by atoms with Crippen LogP contribution in [0, 0.1) is 0 Å². The molecule has 3 rings (SSSR count). The summed E-state index contributed by atoms with van der Waals surface area (Å²) < 4.78 is 1.88. The molecule has 3 aromatic rings. The van der Waals surface area contributed by atoms with Gasteiger partial charge in [-0.25, -0.2) is 0 Å². The zero-order chi connectivity index (χ0) is 19.4. The first-order chi connectivity index (χ1) is 12.8. The molecule has 0 spiro atoms. The number of aromatic nitrogens is 4. The number of nitrogens with one attached hydrogen (secondary N) is 1. The maximum Gasteiger partial charge on any atom is 0.234 e. The van der Waals surface area contributed by atoms with Crippen molar-refractivity contribution in [3.8, 4) is 11.4 Å². The van der Waals surface area contributed by atoms with Gasteiger partial charge in [-0.15, -0.1) is 10.2 Å². The molecule has 0 aliphatic heterocycles. The number of carbonyl (C=O) groups is 1. The quantitative estimate of drug-likeness (QED) is 0.679. The second-order valence-corrected chi connectivity index (χ2v) is 8.21. The Morgan fingerprint density at radius 1 is 1.07 bits per heavy atom. The van der Waals surface area contributed by atoms with Crippen molar-refractivity contribution in [1.82, 2.24) is 19.7 Å². The van der Waals surface area contributed by atoms with E-state index in [0.717, 1.165) is 17.1 Å². The van der Waals surface area contributed by atoms with E-state index in [1.165, 1.54) is 17.3 Å². The standard InChI is InChI=1S/C20H23N5OS/c1-20(2,3)15-5-7-16(8-6-15)22-17(26)13-27-19-24-23-18(25(19)4)14-9-11-21-12-10-14/h5-12H,13H2,1-4H3,(H,22,26). The molecule has 1 N–H and O–H groups in total. The van der Waals surface area contributed by atoms with Crippen molar-refractivity contribution in [2.45, 2.75) is 31.3 Å². The topological polar surface area (TPSA) is 72.7 Å². The van der Waals surface area contributed by atoms with Crippen molar-refractivity contribution in [2.24, 2.45) is 7.05 Å². The number of hydrogen-bond donors (Lipinski definition) is 1. The first-order valence-electron chi connectivity index (χ1n) is 8.67. The summed E-state index contributed by atoms with van der Waals surface area (Å²) in [4.78, 5) is 16.3. The van der Waals surface area contributed by atoms with Crippen LogP contribution in [0.3, 0.4) is 0 Å². The Hall–Kier alpha value is -2.67. The zero-order valence-corrected chi connectivity index (χ0v) is 16.7. The van der Waals surface area contributed by atoms with Gasteiger partial charge in [0, 0.05) is 30.7 Å². The first-order valence-corrected chi connectivity index (χ1v) is 9.66. The monoisotopic (exact) mass is 381 g/mol. The van der Waals surface area contributed by atoms with Gasteiger partial charge in [0.2, 0.25) is 5.91 Å². The Kier molecular flexibility index (Phi) is 5.60. The number of carbonyl (C=O) groups excluding carboxylic acids is 1. The van der Waals surface area contributed by atoms with Gasteiger partial charge in [0.05, 0.1) is 5.75 Å². The van der Waals surface area contributed by atoms with Crippen LogP contribution in [0.25, 0.3) is 11.4 Å². The highest BCUT2D eigenvalue weighted by Gasteiger charge is 2.15. The number of thioether (sulfide) groups is 1. The summed E-state index contributed by atoms with van der Waals surface area (Å²) in [5, 5.41) is 12.0. The van der Waals surface area contributed by atoms with Crippen molar-refractivity contribution in [3.63, 3.8) is 0 Å². The molecule has 7 heteroatoms. The maximum atomic E-state index is 12.3. The maximum absolute atomic E-state index is 12.3. The van der Waals surface area contributed by atoms with Gasteiger partial charge >= 0.3 is 0 Å². The zero-order valence-electron chi connectivity index (χ0n) is 15.9. The fraction of sp³-hybridized carbons (Fsp3) is 0.300. The van der Waals surface area contributed by atoms with Crippen LogP contribution in [0.4, 0.5) is 5.69 Å². The van der Waals surface area contributed by atoms with Gasteiger partial charge in [-0.2, -0.15) is 0 Å². The summed E-state index contributed by atoms with van der Waals surface area (Å²) in [5.74, 6) is 0.943. The van der Waals surface area contributed by atoms with Crippen LogP contribution in [0.15, 0.2) is 53.9 Å². The SMILES string of the molecule is Cn1c(SCC(=O)Nc2ccc(C(C)(C)C)cc2)nnc1-c1ccncc1. The van der Waals surface area contributed by atoms with Crippen molar-refractivity contribution < 1.29 is 4.79 Å². The van der Waals surface area contributed by atoms with E-state index in [2.05, 4.69) is 41.3 Å². The summed E-state index contributed by atoms with van der Waals surface area (Å²) in [6, 6.07) is 11.7. The predicted molar refractivity (Wildman–Crippen MR) is 109 cm³/mol. The molecule has 6 nitrogen and oxygen atoms in total. The molecule has 0 bridgehead atoms. The van der Waals surface area contributed by atoms with E-state index in [9.17, 15) is 4.79 Å². The molecular weight excluding hydrogens is 358 g/mol. The first kappa shape index (κ1) is 19.1. The number of amides is 1. The van der Waals surface area contributed by atoms with Gasteiger partial charge in [0.25, 0.3) is 0 Å². The molecule has 0 saturated heterocycles. The highest BCUT2D eigenvalue weighted by atomic mass is 32.2. The minimum Gasteiger partial charge on any atom is -0.325 e. The minimum absolute atomic E-state index is 0.0723. The number of anilines is 1. The third kappa shape index (κ3) is 4.74. The van der Waals surface area contributed by atoms with Gasteiger partial charge in [0.1, 0.15) is 0 Å². The summed E-state index contributed by atoms with van der Waals surface area (Å²) in [6.45, 7) is 6.50. The van der Waals surface area contributed by atoms with Crippen LogP contribution in [-0.2, 0) is 17.3 Å². The molecule has 0 radical (unpaired) electrons. The molecule has 0 saturated carbocycles. The Morgan fingerprint density at radius 2 is 1.74 bits per heavy atom. The fourth-order valence-corrected chi connectivity index (χ4v) is 3.28. The van der Waals surface area contributed by atoms with Gasteiger partial charge < -0.3 is 9.88 Å². The van der Waals surface area contributed by atoms with E-state index in [1.807, 2.05) is 48.0 Å². The van der Waals surface area contributed by atoms with Crippen LogP contribution in [0.2, 0.25) is 0 Å². The second kappa shape index (κ2) is 7.92. The molecular formula is C20H23N5OS. The average molecular weight is 382 g/mol. The fourth-order valence-electron chi connectivity index (χ4n) is 2.57. The summed E-state index contributed by atoms with van der Waals surface area (Å²) >= 11 is 1.36. The lowest BCUT2D eigenvalue weighted by molar-refractivity contribution is -0.113. The molecule has 1 amide bonds. The van der Waals surface area contributed by atoms with Gasteiger partial charge in [-0.1, -0.05) is 44.7 Å². The molecule has 2 aromatic heterocycles. The number of hydrogen-bond acceptors (Lipinski definition) is 5. The summed E-state index contributed by atoms with van der Waals surface area (Å²) in [6.07, 6.45) is 3.43. The average Bonchev–Trinajstić information content (AvgIpc) is 3.01. The Morgan fingerprint density at radius 3 is 2.37 bits per heavy atom. The largest absolute Gasteiger partial charge is 0.325 e. The highest BCUT2D eigenvalue weighted by molar-refractivity contribution is 7.99. The molecule has 0 fully saturated rings. The van der Waals surface area contributed by atoms with Crippen molar-refractivity contribution in [2.75, 3.05) is 11.1 Å². The Bertz CT molecular complexity index is 914. The number of nitrogens with zero attached hydrogens (tertiary/aromatic N) is 4. The third-order valence-electron chi connectivity index (χ3n) is 4.14. The normalized spacial score (nSPS) is 11.4. The molecule has 140 valence electrons.